The highest BCUT2D eigenvalue weighted by atomic mass is 16.3. The van der Waals surface area contributed by atoms with Gasteiger partial charge in [-0.05, 0) is 43.4 Å². The first-order valence-corrected chi connectivity index (χ1v) is 6.22. The Bertz CT molecular complexity index is 205. The van der Waals surface area contributed by atoms with Crippen LogP contribution < -0.4 is 0 Å². The molecule has 1 unspecified atom stereocenters. The maximum atomic E-state index is 10.5. The highest BCUT2D eigenvalue weighted by Crippen LogP contribution is 2.44. The van der Waals surface area contributed by atoms with E-state index in [0.29, 0.717) is 5.41 Å². The third kappa shape index (κ3) is 2.73. The van der Waals surface area contributed by atoms with Gasteiger partial charge in [0, 0.05) is 0 Å². The molecule has 1 N–H and O–H groups in total. The summed E-state index contributed by atoms with van der Waals surface area (Å²) in [7, 11) is 0. The van der Waals surface area contributed by atoms with Gasteiger partial charge in [0.25, 0.3) is 0 Å². The molecule has 2 fully saturated rings. The topological polar surface area (TPSA) is 20.2 Å². The first-order chi connectivity index (χ1) is 6.49. The van der Waals surface area contributed by atoms with Gasteiger partial charge in [-0.3, -0.25) is 0 Å². The van der Waals surface area contributed by atoms with Crippen molar-refractivity contribution in [2.24, 2.45) is 11.3 Å². The van der Waals surface area contributed by atoms with Crippen molar-refractivity contribution in [1.82, 2.24) is 0 Å². The highest BCUT2D eigenvalue weighted by Gasteiger charge is 2.38. The predicted molar refractivity (Wildman–Crippen MR) is 59.2 cm³/mol. The predicted octanol–water partition coefficient (Wildman–Crippen LogP) is 3.51. The van der Waals surface area contributed by atoms with Crippen molar-refractivity contribution >= 4 is 0 Å². The van der Waals surface area contributed by atoms with E-state index in [1.165, 1.54) is 32.1 Å². The van der Waals surface area contributed by atoms with Crippen LogP contribution in [0.1, 0.15) is 65.2 Å². The van der Waals surface area contributed by atoms with E-state index in [1.807, 2.05) is 0 Å². The maximum Gasteiger partial charge on any atom is 0.0650 e. The van der Waals surface area contributed by atoms with E-state index < -0.39 is 0 Å². The van der Waals surface area contributed by atoms with Crippen LogP contribution in [0.5, 0.6) is 0 Å². The molecule has 0 amide bonds. The minimum Gasteiger partial charge on any atom is -0.390 e. The fourth-order valence-electron chi connectivity index (χ4n) is 2.78. The summed E-state index contributed by atoms with van der Waals surface area (Å²) < 4.78 is 0. The zero-order valence-corrected chi connectivity index (χ0v) is 9.68. The summed E-state index contributed by atoms with van der Waals surface area (Å²) in [6.45, 7) is 4.69. The molecule has 0 bridgehead atoms. The van der Waals surface area contributed by atoms with E-state index >= 15 is 0 Å². The summed E-state index contributed by atoms with van der Waals surface area (Å²) in [6.07, 6.45) is 9.62. The molecule has 82 valence electrons. The summed E-state index contributed by atoms with van der Waals surface area (Å²) in [6, 6.07) is 0. The van der Waals surface area contributed by atoms with Gasteiger partial charge in [0.15, 0.2) is 0 Å². The molecule has 2 rings (SSSR count). The highest BCUT2D eigenvalue weighted by molar-refractivity contribution is 4.90. The Hall–Kier alpha value is -0.0400. The van der Waals surface area contributed by atoms with Crippen LogP contribution in [0.25, 0.3) is 0 Å². The SMILES string of the molecule is CC1(C)CCCC(O)(CC2CC2)CC1. The Morgan fingerprint density at radius 2 is 1.79 bits per heavy atom. The fraction of sp³-hybridized carbons (Fsp3) is 1.00. The number of hydrogen-bond acceptors (Lipinski definition) is 1. The summed E-state index contributed by atoms with van der Waals surface area (Å²) in [5, 5.41) is 10.5. The van der Waals surface area contributed by atoms with Crippen molar-refractivity contribution < 1.29 is 5.11 Å². The molecule has 0 aromatic rings. The molecular weight excluding hydrogens is 172 g/mol. The minimum absolute atomic E-state index is 0.297. The lowest BCUT2D eigenvalue weighted by Crippen LogP contribution is -2.28. The van der Waals surface area contributed by atoms with Crippen LogP contribution in [0.15, 0.2) is 0 Å². The van der Waals surface area contributed by atoms with Crippen LogP contribution >= 0.6 is 0 Å². The third-order valence-electron chi connectivity index (χ3n) is 4.13. The first kappa shape index (κ1) is 10.5. The van der Waals surface area contributed by atoms with Crippen molar-refractivity contribution in [2.45, 2.75) is 70.8 Å². The molecule has 0 aromatic heterocycles. The zero-order valence-electron chi connectivity index (χ0n) is 9.68. The molecule has 0 aromatic carbocycles. The summed E-state index contributed by atoms with van der Waals surface area (Å²) in [4.78, 5) is 0. The summed E-state index contributed by atoms with van der Waals surface area (Å²) >= 11 is 0. The van der Waals surface area contributed by atoms with Crippen molar-refractivity contribution in [1.29, 1.82) is 0 Å². The zero-order chi connectivity index (χ0) is 10.2. The van der Waals surface area contributed by atoms with Gasteiger partial charge in [-0.2, -0.15) is 0 Å². The molecule has 0 spiro atoms. The second kappa shape index (κ2) is 3.52. The van der Waals surface area contributed by atoms with Crippen LogP contribution in [-0.4, -0.2) is 10.7 Å². The van der Waals surface area contributed by atoms with E-state index in [2.05, 4.69) is 13.8 Å². The second-order valence-corrected chi connectivity index (χ2v) is 6.39. The smallest absolute Gasteiger partial charge is 0.0650 e. The van der Waals surface area contributed by atoms with Gasteiger partial charge >= 0.3 is 0 Å². The van der Waals surface area contributed by atoms with E-state index in [4.69, 9.17) is 0 Å². The molecule has 1 nitrogen and oxygen atoms in total. The average Bonchev–Trinajstić information content (AvgIpc) is 2.84. The molecule has 1 atom stereocenters. The Balaban J connectivity index is 1.92. The van der Waals surface area contributed by atoms with Crippen LogP contribution in [0.2, 0.25) is 0 Å². The number of rotatable bonds is 2. The summed E-state index contributed by atoms with van der Waals surface area (Å²) in [5.41, 5.74) is 0.170. The average molecular weight is 196 g/mol. The summed E-state index contributed by atoms with van der Waals surface area (Å²) in [5.74, 6) is 0.862. The lowest BCUT2D eigenvalue weighted by atomic mass is 9.83. The van der Waals surface area contributed by atoms with Crippen LogP contribution in [0.3, 0.4) is 0 Å². The number of aliphatic hydroxyl groups is 1. The van der Waals surface area contributed by atoms with E-state index in [0.717, 1.165) is 25.2 Å². The van der Waals surface area contributed by atoms with Gasteiger partial charge in [-0.25, -0.2) is 0 Å². The molecule has 2 saturated carbocycles. The molecule has 0 radical (unpaired) electrons. The lowest BCUT2D eigenvalue weighted by Gasteiger charge is -2.28. The molecular formula is C13H24O. The van der Waals surface area contributed by atoms with Crippen molar-refractivity contribution in [3.63, 3.8) is 0 Å². The molecule has 0 aliphatic heterocycles. The van der Waals surface area contributed by atoms with E-state index in [-0.39, 0.29) is 5.60 Å². The van der Waals surface area contributed by atoms with Gasteiger partial charge in [0.2, 0.25) is 0 Å². The van der Waals surface area contributed by atoms with Gasteiger partial charge < -0.3 is 5.11 Å². The molecule has 14 heavy (non-hydrogen) atoms. The van der Waals surface area contributed by atoms with Gasteiger partial charge in [0.1, 0.15) is 0 Å². The van der Waals surface area contributed by atoms with Crippen LogP contribution in [-0.2, 0) is 0 Å². The minimum atomic E-state index is -0.297. The van der Waals surface area contributed by atoms with Gasteiger partial charge in [-0.1, -0.05) is 33.1 Å². The molecule has 0 saturated heterocycles. The normalized spacial score (nSPS) is 37.9. The van der Waals surface area contributed by atoms with Crippen molar-refractivity contribution in [3.05, 3.63) is 0 Å². The Kier molecular flexibility index (Phi) is 2.63. The van der Waals surface area contributed by atoms with Crippen LogP contribution in [0.4, 0.5) is 0 Å². The first-order valence-electron chi connectivity index (χ1n) is 6.22. The van der Waals surface area contributed by atoms with Crippen LogP contribution in [0, 0.1) is 11.3 Å². The molecule has 2 aliphatic rings. The number of hydrogen-bond donors (Lipinski definition) is 1. The Labute approximate surface area is 87.9 Å². The second-order valence-electron chi connectivity index (χ2n) is 6.39. The van der Waals surface area contributed by atoms with Gasteiger partial charge in [0.05, 0.1) is 5.60 Å². The standard InChI is InChI=1S/C13H24O/c1-12(2)6-3-7-13(14,9-8-12)10-11-4-5-11/h11,14H,3-10H2,1-2H3. The monoisotopic (exact) mass is 196 g/mol. The Morgan fingerprint density at radius 3 is 2.43 bits per heavy atom. The quantitative estimate of drug-likeness (QED) is 0.670. The van der Waals surface area contributed by atoms with Gasteiger partial charge in [-0.15, -0.1) is 0 Å². The maximum absolute atomic E-state index is 10.5. The molecule has 2 aliphatic carbocycles. The van der Waals surface area contributed by atoms with Crippen molar-refractivity contribution in [2.75, 3.05) is 0 Å². The van der Waals surface area contributed by atoms with E-state index in [9.17, 15) is 5.11 Å². The third-order valence-corrected chi connectivity index (χ3v) is 4.13. The molecule has 1 heteroatoms. The Morgan fingerprint density at radius 1 is 1.07 bits per heavy atom. The van der Waals surface area contributed by atoms with E-state index in [1.54, 1.807) is 0 Å². The fourth-order valence-corrected chi connectivity index (χ4v) is 2.78. The lowest BCUT2D eigenvalue weighted by molar-refractivity contribution is 0.00874. The largest absolute Gasteiger partial charge is 0.390 e. The molecule has 0 heterocycles. The van der Waals surface area contributed by atoms with Crippen molar-refractivity contribution in [3.8, 4) is 0 Å².